The summed E-state index contributed by atoms with van der Waals surface area (Å²) in [6.45, 7) is 0.323. The monoisotopic (exact) mass is 253 g/mol. The van der Waals surface area contributed by atoms with Crippen molar-refractivity contribution < 1.29 is 4.79 Å². The van der Waals surface area contributed by atoms with Crippen LogP contribution >= 0.6 is 11.6 Å². The Hall–Kier alpha value is -1.95. The van der Waals surface area contributed by atoms with Gasteiger partial charge in [0.25, 0.3) is 5.91 Å². The highest BCUT2D eigenvalue weighted by atomic mass is 35.5. The Bertz CT molecular complexity index is 545. The molecule has 0 aliphatic carbocycles. The first-order valence-electron chi connectivity index (χ1n) is 4.95. The minimum atomic E-state index is -0.208. The summed E-state index contributed by atoms with van der Waals surface area (Å²) in [5.74, 6) is 0.246. The lowest BCUT2D eigenvalue weighted by Gasteiger charge is -2.04. The fourth-order valence-electron chi connectivity index (χ4n) is 1.48. The zero-order valence-corrected chi connectivity index (χ0v) is 9.95. The molecule has 0 unspecified atom stereocenters. The van der Waals surface area contributed by atoms with Crippen LogP contribution in [0.25, 0.3) is 0 Å². The zero-order valence-electron chi connectivity index (χ0n) is 9.20. The van der Waals surface area contributed by atoms with Crippen LogP contribution in [-0.4, -0.2) is 20.7 Å². The molecule has 7 heteroatoms. The van der Waals surface area contributed by atoms with Crippen molar-refractivity contribution in [3.63, 3.8) is 0 Å². The summed E-state index contributed by atoms with van der Waals surface area (Å²) < 4.78 is 1.66. The second kappa shape index (κ2) is 4.50. The van der Waals surface area contributed by atoms with Crippen LogP contribution in [-0.2, 0) is 13.6 Å². The molecular weight excluding hydrogens is 242 g/mol. The van der Waals surface area contributed by atoms with Crippen molar-refractivity contribution in [3.8, 4) is 0 Å². The van der Waals surface area contributed by atoms with Crippen molar-refractivity contribution >= 4 is 23.3 Å². The summed E-state index contributed by atoms with van der Waals surface area (Å²) in [6, 6.07) is 1.61. The largest absolute Gasteiger partial charge is 0.384 e. The van der Waals surface area contributed by atoms with Crippen LogP contribution in [0, 0.1) is 0 Å². The highest BCUT2D eigenvalue weighted by Crippen LogP contribution is 2.13. The Morgan fingerprint density at radius 2 is 2.47 bits per heavy atom. The van der Waals surface area contributed by atoms with Crippen molar-refractivity contribution in [1.82, 2.24) is 20.1 Å². The van der Waals surface area contributed by atoms with Gasteiger partial charge >= 0.3 is 0 Å². The number of anilines is 1. The number of halogens is 1. The number of nitrogen functional groups attached to an aromatic ring is 1. The molecule has 1 amide bonds. The first kappa shape index (κ1) is 11.5. The molecule has 2 rings (SSSR count). The second-order valence-electron chi connectivity index (χ2n) is 3.65. The van der Waals surface area contributed by atoms with E-state index in [4.69, 9.17) is 17.3 Å². The summed E-state index contributed by atoms with van der Waals surface area (Å²) in [6.07, 6.45) is 3.25. The van der Waals surface area contributed by atoms with Gasteiger partial charge in [0.05, 0.1) is 11.2 Å². The lowest BCUT2D eigenvalue weighted by Crippen LogP contribution is -2.24. The molecule has 4 N–H and O–H groups in total. The van der Waals surface area contributed by atoms with E-state index < -0.39 is 0 Å². The molecule has 0 aromatic carbocycles. The number of H-pyrrole nitrogens is 1. The van der Waals surface area contributed by atoms with Gasteiger partial charge in [-0.25, -0.2) is 0 Å². The Labute approximate surface area is 103 Å². The predicted molar refractivity (Wildman–Crippen MR) is 64.6 cm³/mol. The minimum absolute atomic E-state index is 0.208. The molecule has 0 spiro atoms. The first-order valence-corrected chi connectivity index (χ1v) is 5.33. The Morgan fingerprint density at radius 3 is 3.00 bits per heavy atom. The third-order valence-electron chi connectivity index (χ3n) is 2.39. The standard InChI is InChI=1S/C10H12ClN5O/c1-16-5-7(11)2-8(16)10(17)13-3-6-4-14-15-9(6)12/h2,4-5H,3H2,1H3,(H,13,17)(H3,12,14,15). The van der Waals surface area contributed by atoms with E-state index in [-0.39, 0.29) is 5.91 Å². The summed E-state index contributed by atoms with van der Waals surface area (Å²) in [4.78, 5) is 11.8. The van der Waals surface area contributed by atoms with E-state index >= 15 is 0 Å². The summed E-state index contributed by atoms with van der Waals surface area (Å²) in [7, 11) is 1.76. The quantitative estimate of drug-likeness (QED) is 0.760. The Morgan fingerprint density at radius 1 is 1.71 bits per heavy atom. The number of hydrogen-bond donors (Lipinski definition) is 3. The number of carbonyl (C=O) groups excluding carboxylic acids is 1. The van der Waals surface area contributed by atoms with Gasteiger partial charge in [-0.15, -0.1) is 0 Å². The topological polar surface area (TPSA) is 88.7 Å². The van der Waals surface area contributed by atoms with Gasteiger partial charge in [0.2, 0.25) is 0 Å². The van der Waals surface area contributed by atoms with E-state index in [1.165, 1.54) is 0 Å². The third kappa shape index (κ3) is 2.42. The first-order chi connectivity index (χ1) is 8.08. The van der Waals surface area contributed by atoms with Gasteiger partial charge in [-0.1, -0.05) is 11.6 Å². The lowest BCUT2D eigenvalue weighted by molar-refractivity contribution is 0.0943. The molecule has 0 saturated carbocycles. The number of nitrogens with zero attached hydrogens (tertiary/aromatic N) is 2. The molecule has 0 atom stereocenters. The molecule has 0 aliphatic rings. The fraction of sp³-hybridized carbons (Fsp3) is 0.200. The number of carbonyl (C=O) groups is 1. The fourth-order valence-corrected chi connectivity index (χ4v) is 1.73. The van der Waals surface area contributed by atoms with Crippen LogP contribution in [0.4, 0.5) is 5.82 Å². The van der Waals surface area contributed by atoms with Gasteiger partial charge in [-0.05, 0) is 6.07 Å². The van der Waals surface area contributed by atoms with Crippen molar-refractivity contribution in [2.45, 2.75) is 6.54 Å². The maximum Gasteiger partial charge on any atom is 0.268 e. The molecule has 0 bridgehead atoms. The predicted octanol–water partition coefficient (Wildman–Crippen LogP) is 0.914. The molecule has 0 saturated heterocycles. The maximum absolute atomic E-state index is 11.8. The van der Waals surface area contributed by atoms with E-state index in [1.807, 2.05) is 0 Å². The third-order valence-corrected chi connectivity index (χ3v) is 2.60. The molecule has 90 valence electrons. The number of hydrogen-bond acceptors (Lipinski definition) is 3. The summed E-state index contributed by atoms with van der Waals surface area (Å²) in [5.41, 5.74) is 6.85. The van der Waals surface area contributed by atoms with Crippen LogP contribution in [0.15, 0.2) is 18.5 Å². The number of rotatable bonds is 3. The molecule has 2 aromatic heterocycles. The average Bonchev–Trinajstić information content (AvgIpc) is 2.81. The van der Waals surface area contributed by atoms with E-state index in [2.05, 4.69) is 15.5 Å². The summed E-state index contributed by atoms with van der Waals surface area (Å²) in [5, 5.41) is 9.63. The Kier molecular flexibility index (Phi) is 3.06. The van der Waals surface area contributed by atoms with Crippen molar-refractivity contribution in [2.75, 3.05) is 5.73 Å². The van der Waals surface area contributed by atoms with Gasteiger partial charge in [0.15, 0.2) is 0 Å². The van der Waals surface area contributed by atoms with Gasteiger partial charge in [0, 0.05) is 25.4 Å². The molecule has 17 heavy (non-hydrogen) atoms. The van der Waals surface area contributed by atoms with Crippen LogP contribution < -0.4 is 11.1 Å². The van der Waals surface area contributed by atoms with E-state index in [0.29, 0.717) is 23.1 Å². The van der Waals surface area contributed by atoms with Crippen molar-refractivity contribution in [3.05, 3.63) is 34.7 Å². The summed E-state index contributed by atoms with van der Waals surface area (Å²) >= 11 is 5.80. The van der Waals surface area contributed by atoms with Crippen molar-refractivity contribution in [1.29, 1.82) is 0 Å². The van der Waals surface area contributed by atoms with E-state index in [0.717, 1.165) is 5.56 Å². The van der Waals surface area contributed by atoms with Crippen LogP contribution in [0.5, 0.6) is 0 Å². The van der Waals surface area contributed by atoms with E-state index in [9.17, 15) is 4.79 Å². The molecule has 0 aliphatic heterocycles. The van der Waals surface area contributed by atoms with Gasteiger partial charge < -0.3 is 15.6 Å². The second-order valence-corrected chi connectivity index (χ2v) is 4.08. The lowest BCUT2D eigenvalue weighted by atomic mass is 10.3. The number of aromatic amines is 1. The van der Waals surface area contributed by atoms with Crippen LogP contribution in [0.2, 0.25) is 5.02 Å². The minimum Gasteiger partial charge on any atom is -0.384 e. The molecular formula is C10H12ClN5O. The molecule has 0 fully saturated rings. The number of amides is 1. The molecule has 2 aromatic rings. The number of nitrogens with one attached hydrogen (secondary N) is 2. The zero-order chi connectivity index (χ0) is 12.4. The maximum atomic E-state index is 11.8. The number of aryl methyl sites for hydroxylation is 1. The number of aromatic nitrogens is 3. The molecule has 0 radical (unpaired) electrons. The smallest absolute Gasteiger partial charge is 0.268 e. The van der Waals surface area contributed by atoms with Crippen molar-refractivity contribution in [2.24, 2.45) is 7.05 Å². The highest BCUT2D eigenvalue weighted by molar-refractivity contribution is 6.31. The normalized spacial score (nSPS) is 10.5. The van der Waals surface area contributed by atoms with Crippen LogP contribution in [0.1, 0.15) is 16.1 Å². The Balaban J connectivity index is 2.03. The molecule has 2 heterocycles. The van der Waals surface area contributed by atoms with Gasteiger partial charge in [-0.2, -0.15) is 5.10 Å². The SMILES string of the molecule is Cn1cc(Cl)cc1C(=O)NCc1cn[nH]c1N. The molecule has 6 nitrogen and oxygen atoms in total. The number of nitrogens with two attached hydrogens (primary N) is 1. The van der Waals surface area contributed by atoms with Crippen LogP contribution in [0.3, 0.4) is 0 Å². The van der Waals surface area contributed by atoms with Gasteiger partial charge in [0.1, 0.15) is 11.5 Å². The van der Waals surface area contributed by atoms with E-state index in [1.54, 1.807) is 30.1 Å². The average molecular weight is 254 g/mol. The highest BCUT2D eigenvalue weighted by Gasteiger charge is 2.11. The van der Waals surface area contributed by atoms with Gasteiger partial charge in [-0.3, -0.25) is 9.89 Å².